The molecular weight excluding hydrogens is 220 g/mol. The lowest BCUT2D eigenvalue weighted by atomic mass is 10.1. The highest BCUT2D eigenvalue weighted by molar-refractivity contribution is 5.59. The van der Waals surface area contributed by atoms with Crippen LogP contribution in [0.1, 0.15) is 22.3 Å². The molecule has 1 aliphatic rings. The lowest BCUT2D eigenvalue weighted by molar-refractivity contribution is 0.874. The first-order chi connectivity index (χ1) is 8.63. The fourth-order valence-electron chi connectivity index (χ4n) is 2.64. The maximum absolute atomic E-state index is 5.85. The minimum absolute atomic E-state index is 0.858. The molecule has 0 spiro atoms. The average molecular weight is 238 g/mol. The van der Waals surface area contributed by atoms with Crippen molar-refractivity contribution in [3.05, 3.63) is 58.7 Å². The SMILES string of the molecule is Cc1ccc(C)c(N2Cc3ccc(N)cc3C2)c1. The van der Waals surface area contributed by atoms with Gasteiger partial charge in [-0.2, -0.15) is 0 Å². The highest BCUT2D eigenvalue weighted by Gasteiger charge is 2.20. The van der Waals surface area contributed by atoms with Crippen molar-refractivity contribution in [2.75, 3.05) is 10.6 Å². The van der Waals surface area contributed by atoms with Crippen LogP contribution in [0.15, 0.2) is 36.4 Å². The van der Waals surface area contributed by atoms with Gasteiger partial charge in [0.15, 0.2) is 0 Å². The van der Waals surface area contributed by atoms with E-state index < -0.39 is 0 Å². The molecule has 1 heterocycles. The van der Waals surface area contributed by atoms with Gasteiger partial charge in [0.2, 0.25) is 0 Å². The second kappa shape index (κ2) is 4.05. The van der Waals surface area contributed by atoms with Gasteiger partial charge in [-0.3, -0.25) is 0 Å². The Hall–Kier alpha value is -1.96. The third-order valence-electron chi connectivity index (χ3n) is 3.66. The average Bonchev–Trinajstić information content (AvgIpc) is 2.74. The van der Waals surface area contributed by atoms with E-state index in [1.807, 2.05) is 6.07 Å². The van der Waals surface area contributed by atoms with Crippen molar-refractivity contribution in [2.45, 2.75) is 26.9 Å². The molecule has 0 aromatic heterocycles. The standard InChI is InChI=1S/C16H18N2/c1-11-3-4-12(2)16(7-11)18-9-13-5-6-15(17)8-14(13)10-18/h3-8H,9-10,17H2,1-2H3. The Balaban J connectivity index is 1.96. The third-order valence-corrected chi connectivity index (χ3v) is 3.66. The van der Waals surface area contributed by atoms with Crippen molar-refractivity contribution in [1.29, 1.82) is 0 Å². The lowest BCUT2D eigenvalue weighted by Gasteiger charge is -2.20. The summed E-state index contributed by atoms with van der Waals surface area (Å²) in [5, 5.41) is 0. The molecule has 0 saturated heterocycles. The van der Waals surface area contributed by atoms with E-state index in [9.17, 15) is 0 Å². The van der Waals surface area contributed by atoms with Gasteiger partial charge < -0.3 is 10.6 Å². The van der Waals surface area contributed by atoms with Crippen molar-refractivity contribution < 1.29 is 0 Å². The van der Waals surface area contributed by atoms with Crippen LogP contribution in [0.3, 0.4) is 0 Å². The lowest BCUT2D eigenvalue weighted by Crippen LogP contribution is -2.15. The van der Waals surface area contributed by atoms with Crippen LogP contribution in [-0.2, 0) is 13.1 Å². The normalized spacial score (nSPS) is 13.8. The van der Waals surface area contributed by atoms with Gasteiger partial charge >= 0.3 is 0 Å². The summed E-state index contributed by atoms with van der Waals surface area (Å²) >= 11 is 0. The van der Waals surface area contributed by atoms with Gasteiger partial charge in [0, 0.05) is 24.5 Å². The molecule has 2 aromatic carbocycles. The van der Waals surface area contributed by atoms with E-state index in [0.29, 0.717) is 0 Å². The largest absolute Gasteiger partial charge is 0.399 e. The molecule has 2 aromatic rings. The Morgan fingerprint density at radius 1 is 0.944 bits per heavy atom. The second-order valence-electron chi connectivity index (χ2n) is 5.17. The number of fused-ring (bicyclic) bond motifs is 1. The summed E-state index contributed by atoms with van der Waals surface area (Å²) in [6.07, 6.45) is 0. The molecule has 0 saturated carbocycles. The monoisotopic (exact) mass is 238 g/mol. The molecule has 0 amide bonds. The molecule has 2 nitrogen and oxygen atoms in total. The van der Waals surface area contributed by atoms with Crippen LogP contribution in [0.25, 0.3) is 0 Å². The van der Waals surface area contributed by atoms with Gasteiger partial charge in [0.1, 0.15) is 0 Å². The molecule has 18 heavy (non-hydrogen) atoms. The predicted octanol–water partition coefficient (Wildman–Crippen LogP) is 3.41. The first-order valence-corrected chi connectivity index (χ1v) is 6.33. The van der Waals surface area contributed by atoms with E-state index in [4.69, 9.17) is 5.73 Å². The van der Waals surface area contributed by atoms with Gasteiger partial charge in [0.25, 0.3) is 0 Å². The fraction of sp³-hybridized carbons (Fsp3) is 0.250. The van der Waals surface area contributed by atoms with Crippen LogP contribution < -0.4 is 10.6 Å². The number of benzene rings is 2. The number of hydrogen-bond donors (Lipinski definition) is 1. The zero-order valence-corrected chi connectivity index (χ0v) is 10.9. The quantitative estimate of drug-likeness (QED) is 0.771. The van der Waals surface area contributed by atoms with Crippen LogP contribution in [0.4, 0.5) is 11.4 Å². The molecule has 0 bridgehead atoms. The molecule has 0 radical (unpaired) electrons. The van der Waals surface area contributed by atoms with E-state index >= 15 is 0 Å². The Labute approximate surface area is 108 Å². The summed E-state index contributed by atoms with van der Waals surface area (Å²) in [6, 6.07) is 12.9. The topological polar surface area (TPSA) is 29.3 Å². The first-order valence-electron chi connectivity index (χ1n) is 6.33. The summed E-state index contributed by atoms with van der Waals surface area (Å²) in [5.74, 6) is 0. The molecule has 2 heteroatoms. The second-order valence-corrected chi connectivity index (χ2v) is 5.17. The summed E-state index contributed by atoms with van der Waals surface area (Å²) in [5.41, 5.74) is 13.4. The maximum atomic E-state index is 5.85. The molecule has 0 atom stereocenters. The zero-order valence-electron chi connectivity index (χ0n) is 10.9. The highest BCUT2D eigenvalue weighted by Crippen LogP contribution is 2.31. The van der Waals surface area contributed by atoms with Gasteiger partial charge in [-0.15, -0.1) is 0 Å². The van der Waals surface area contributed by atoms with Gasteiger partial charge in [-0.25, -0.2) is 0 Å². The summed E-state index contributed by atoms with van der Waals surface area (Å²) < 4.78 is 0. The van der Waals surface area contributed by atoms with Crippen LogP contribution in [-0.4, -0.2) is 0 Å². The summed E-state index contributed by atoms with van der Waals surface area (Å²) in [4.78, 5) is 2.42. The number of anilines is 2. The molecule has 0 unspecified atom stereocenters. The van der Waals surface area contributed by atoms with E-state index in [0.717, 1.165) is 18.8 Å². The molecular formula is C16H18N2. The number of aryl methyl sites for hydroxylation is 2. The molecule has 92 valence electrons. The van der Waals surface area contributed by atoms with Crippen molar-refractivity contribution >= 4 is 11.4 Å². The van der Waals surface area contributed by atoms with E-state index in [1.165, 1.54) is 27.9 Å². The number of nitrogens with zero attached hydrogens (tertiary/aromatic N) is 1. The molecule has 2 N–H and O–H groups in total. The summed E-state index contributed by atoms with van der Waals surface area (Å²) in [7, 11) is 0. The number of hydrogen-bond acceptors (Lipinski definition) is 2. The smallest absolute Gasteiger partial charge is 0.0437 e. The fourth-order valence-corrected chi connectivity index (χ4v) is 2.64. The van der Waals surface area contributed by atoms with Crippen molar-refractivity contribution in [3.63, 3.8) is 0 Å². The van der Waals surface area contributed by atoms with Crippen LogP contribution >= 0.6 is 0 Å². The molecule has 3 rings (SSSR count). The molecule has 0 fully saturated rings. The van der Waals surface area contributed by atoms with Gasteiger partial charge in [-0.05, 0) is 54.3 Å². The Bertz CT molecular complexity index is 602. The van der Waals surface area contributed by atoms with Gasteiger partial charge in [-0.1, -0.05) is 18.2 Å². The number of rotatable bonds is 1. The predicted molar refractivity (Wildman–Crippen MR) is 76.7 cm³/mol. The van der Waals surface area contributed by atoms with Crippen molar-refractivity contribution in [1.82, 2.24) is 0 Å². The van der Waals surface area contributed by atoms with E-state index in [-0.39, 0.29) is 0 Å². The minimum Gasteiger partial charge on any atom is -0.399 e. The Morgan fingerprint density at radius 3 is 2.56 bits per heavy atom. The maximum Gasteiger partial charge on any atom is 0.0437 e. The zero-order chi connectivity index (χ0) is 12.7. The van der Waals surface area contributed by atoms with Crippen LogP contribution in [0.5, 0.6) is 0 Å². The van der Waals surface area contributed by atoms with E-state index in [2.05, 4.69) is 49.1 Å². The van der Waals surface area contributed by atoms with E-state index in [1.54, 1.807) is 0 Å². The number of nitrogen functional groups attached to an aromatic ring is 1. The van der Waals surface area contributed by atoms with Crippen LogP contribution in [0, 0.1) is 13.8 Å². The van der Waals surface area contributed by atoms with Crippen LogP contribution in [0.2, 0.25) is 0 Å². The molecule has 0 aliphatic carbocycles. The van der Waals surface area contributed by atoms with Gasteiger partial charge in [0.05, 0.1) is 0 Å². The third kappa shape index (κ3) is 1.84. The Morgan fingerprint density at radius 2 is 1.72 bits per heavy atom. The number of nitrogens with two attached hydrogens (primary N) is 1. The Kier molecular flexibility index (Phi) is 2.51. The minimum atomic E-state index is 0.858. The highest BCUT2D eigenvalue weighted by atomic mass is 15.1. The summed E-state index contributed by atoms with van der Waals surface area (Å²) in [6.45, 7) is 6.26. The molecule has 1 aliphatic heterocycles. The first kappa shape index (κ1) is 11.1. The van der Waals surface area contributed by atoms with Crippen molar-refractivity contribution in [2.24, 2.45) is 0 Å². The van der Waals surface area contributed by atoms with Crippen molar-refractivity contribution in [3.8, 4) is 0 Å².